The number of rotatable bonds is 4. The molecule has 1 aromatic heterocycles. The van der Waals surface area contributed by atoms with Crippen LogP contribution in [0.2, 0.25) is 0 Å². The first kappa shape index (κ1) is 12.0. The van der Waals surface area contributed by atoms with Crippen molar-refractivity contribution in [1.82, 2.24) is 9.97 Å². The number of nitrogens with zero attached hydrogens (tertiary/aromatic N) is 2. The Morgan fingerprint density at radius 1 is 1.22 bits per heavy atom. The Morgan fingerprint density at radius 2 is 2.06 bits per heavy atom. The fourth-order valence-corrected chi connectivity index (χ4v) is 1.33. The van der Waals surface area contributed by atoms with Crippen molar-refractivity contribution >= 4 is 12.0 Å². The van der Waals surface area contributed by atoms with E-state index in [1.807, 2.05) is 30.3 Å². The van der Waals surface area contributed by atoms with E-state index >= 15 is 0 Å². The Hall–Kier alpha value is -2.49. The number of carbonyl (C=O) groups is 1. The fourth-order valence-electron chi connectivity index (χ4n) is 1.33. The molecule has 1 heterocycles. The molecular weight excluding hydrogens is 228 g/mol. The lowest BCUT2D eigenvalue weighted by Gasteiger charge is -2.00. The van der Waals surface area contributed by atoms with Gasteiger partial charge in [0.25, 0.3) is 0 Å². The summed E-state index contributed by atoms with van der Waals surface area (Å²) in [7, 11) is 0. The van der Waals surface area contributed by atoms with E-state index in [1.54, 1.807) is 24.7 Å². The summed E-state index contributed by atoms with van der Waals surface area (Å²) in [6, 6.07) is 9.55. The van der Waals surface area contributed by atoms with Crippen LogP contribution in [-0.4, -0.2) is 15.9 Å². The number of carbonyl (C=O) groups excluding carboxylic acids is 1. The Bertz CT molecular complexity index is 524. The molecule has 0 bridgehead atoms. The average molecular weight is 240 g/mol. The molecule has 0 unspecified atom stereocenters. The van der Waals surface area contributed by atoms with Gasteiger partial charge in [0.15, 0.2) is 0 Å². The highest BCUT2D eigenvalue weighted by atomic mass is 16.5. The first-order valence-corrected chi connectivity index (χ1v) is 5.49. The lowest BCUT2D eigenvalue weighted by Crippen LogP contribution is -2.02. The quantitative estimate of drug-likeness (QED) is 0.607. The highest BCUT2D eigenvalue weighted by Gasteiger charge is 1.99. The molecule has 0 N–H and O–H groups in total. The molecule has 0 saturated heterocycles. The summed E-state index contributed by atoms with van der Waals surface area (Å²) in [6.45, 7) is 0.131. The second-order valence-corrected chi connectivity index (χ2v) is 3.55. The molecule has 0 atom stereocenters. The summed E-state index contributed by atoms with van der Waals surface area (Å²) in [5.41, 5.74) is 1.58. The zero-order valence-corrected chi connectivity index (χ0v) is 9.69. The summed E-state index contributed by atoms with van der Waals surface area (Å²) in [4.78, 5) is 19.3. The van der Waals surface area contributed by atoms with Gasteiger partial charge in [-0.3, -0.25) is 9.97 Å². The molecular formula is C14H12N2O2. The predicted octanol–water partition coefficient (Wildman–Crippen LogP) is 2.23. The minimum absolute atomic E-state index is 0.131. The number of aromatic nitrogens is 2. The summed E-state index contributed by atoms with van der Waals surface area (Å²) in [6.07, 6.45) is 7.79. The van der Waals surface area contributed by atoms with E-state index in [0.29, 0.717) is 5.69 Å². The maximum absolute atomic E-state index is 11.4. The Morgan fingerprint density at radius 3 is 2.78 bits per heavy atom. The van der Waals surface area contributed by atoms with Crippen LogP contribution in [-0.2, 0) is 16.1 Å². The minimum Gasteiger partial charge on any atom is -0.456 e. The zero-order valence-electron chi connectivity index (χ0n) is 9.69. The smallest absolute Gasteiger partial charge is 0.331 e. The van der Waals surface area contributed by atoms with Crippen molar-refractivity contribution in [2.75, 3.05) is 0 Å². The van der Waals surface area contributed by atoms with Gasteiger partial charge in [-0.05, 0) is 11.6 Å². The second kappa shape index (κ2) is 6.30. The molecule has 4 heteroatoms. The van der Waals surface area contributed by atoms with Crippen LogP contribution in [0.25, 0.3) is 6.08 Å². The molecule has 0 aliphatic heterocycles. The van der Waals surface area contributed by atoms with E-state index in [-0.39, 0.29) is 6.61 Å². The standard InChI is InChI=1S/C14H12N2O2/c17-14(7-6-12-4-2-1-3-5-12)18-11-13-10-15-8-9-16-13/h1-10H,11H2/b7-6+. The summed E-state index contributed by atoms with van der Waals surface area (Å²) < 4.78 is 5.02. The average Bonchev–Trinajstić information content (AvgIpc) is 2.45. The van der Waals surface area contributed by atoms with E-state index in [0.717, 1.165) is 5.56 Å². The maximum atomic E-state index is 11.4. The molecule has 90 valence electrons. The SMILES string of the molecule is O=C(/C=C/c1ccccc1)OCc1cnccn1. The first-order chi connectivity index (χ1) is 8.84. The van der Waals surface area contributed by atoms with Gasteiger partial charge in [-0.1, -0.05) is 30.3 Å². The van der Waals surface area contributed by atoms with Crippen molar-refractivity contribution in [2.45, 2.75) is 6.61 Å². The van der Waals surface area contributed by atoms with Crippen LogP contribution in [0.1, 0.15) is 11.3 Å². The van der Waals surface area contributed by atoms with Gasteiger partial charge >= 0.3 is 5.97 Å². The van der Waals surface area contributed by atoms with Crippen molar-refractivity contribution in [2.24, 2.45) is 0 Å². The van der Waals surface area contributed by atoms with Gasteiger partial charge in [-0.25, -0.2) is 4.79 Å². The number of ether oxygens (including phenoxy) is 1. The molecule has 2 aromatic rings. The summed E-state index contributed by atoms with van der Waals surface area (Å²) in [5, 5.41) is 0. The number of hydrogen-bond acceptors (Lipinski definition) is 4. The van der Waals surface area contributed by atoms with Gasteiger partial charge in [0.05, 0.1) is 11.9 Å². The van der Waals surface area contributed by atoms with Crippen molar-refractivity contribution in [1.29, 1.82) is 0 Å². The Kier molecular flexibility index (Phi) is 4.19. The topological polar surface area (TPSA) is 52.1 Å². The monoisotopic (exact) mass is 240 g/mol. The molecule has 1 aromatic carbocycles. The van der Waals surface area contributed by atoms with Gasteiger partial charge in [0, 0.05) is 18.5 Å². The molecule has 0 saturated carbocycles. The van der Waals surface area contributed by atoms with Gasteiger partial charge in [0.1, 0.15) is 6.61 Å². The van der Waals surface area contributed by atoms with E-state index in [2.05, 4.69) is 9.97 Å². The van der Waals surface area contributed by atoms with Crippen molar-refractivity contribution in [3.8, 4) is 0 Å². The molecule has 4 nitrogen and oxygen atoms in total. The van der Waals surface area contributed by atoms with E-state index in [4.69, 9.17) is 4.74 Å². The Balaban J connectivity index is 1.84. The molecule has 0 aliphatic carbocycles. The van der Waals surface area contributed by atoms with Gasteiger partial charge in [-0.2, -0.15) is 0 Å². The molecule has 0 fully saturated rings. The minimum atomic E-state index is -0.399. The number of esters is 1. The molecule has 0 amide bonds. The van der Waals surface area contributed by atoms with Crippen LogP contribution >= 0.6 is 0 Å². The largest absolute Gasteiger partial charge is 0.456 e. The maximum Gasteiger partial charge on any atom is 0.331 e. The highest BCUT2D eigenvalue weighted by Crippen LogP contribution is 2.02. The molecule has 0 aliphatic rings. The van der Waals surface area contributed by atoms with Crippen molar-refractivity contribution < 1.29 is 9.53 Å². The van der Waals surface area contributed by atoms with E-state index < -0.39 is 5.97 Å². The van der Waals surface area contributed by atoms with Crippen LogP contribution < -0.4 is 0 Å². The van der Waals surface area contributed by atoms with Crippen molar-refractivity contribution in [3.63, 3.8) is 0 Å². The molecule has 0 radical (unpaired) electrons. The van der Waals surface area contributed by atoms with E-state index in [1.165, 1.54) is 6.08 Å². The lowest BCUT2D eigenvalue weighted by molar-refractivity contribution is -0.139. The zero-order chi connectivity index (χ0) is 12.6. The fraction of sp³-hybridized carbons (Fsp3) is 0.0714. The van der Waals surface area contributed by atoms with E-state index in [9.17, 15) is 4.79 Å². The van der Waals surface area contributed by atoms with Crippen LogP contribution in [0.15, 0.2) is 55.0 Å². The van der Waals surface area contributed by atoms with Crippen LogP contribution in [0, 0.1) is 0 Å². The van der Waals surface area contributed by atoms with Gasteiger partial charge in [0.2, 0.25) is 0 Å². The normalized spacial score (nSPS) is 10.4. The number of benzene rings is 1. The summed E-state index contributed by atoms with van der Waals surface area (Å²) >= 11 is 0. The third kappa shape index (κ3) is 3.83. The lowest BCUT2D eigenvalue weighted by atomic mass is 10.2. The molecule has 0 spiro atoms. The van der Waals surface area contributed by atoms with Crippen LogP contribution in [0.5, 0.6) is 0 Å². The second-order valence-electron chi connectivity index (χ2n) is 3.55. The highest BCUT2D eigenvalue weighted by molar-refractivity contribution is 5.86. The number of hydrogen-bond donors (Lipinski definition) is 0. The summed E-state index contributed by atoms with van der Waals surface area (Å²) in [5.74, 6) is -0.399. The van der Waals surface area contributed by atoms with Gasteiger partial charge in [-0.15, -0.1) is 0 Å². The first-order valence-electron chi connectivity index (χ1n) is 5.49. The van der Waals surface area contributed by atoms with Crippen LogP contribution in [0.3, 0.4) is 0 Å². The third-order valence-electron chi connectivity index (χ3n) is 2.19. The predicted molar refractivity (Wildman–Crippen MR) is 67.3 cm³/mol. The third-order valence-corrected chi connectivity index (χ3v) is 2.19. The van der Waals surface area contributed by atoms with Crippen molar-refractivity contribution in [3.05, 3.63) is 66.3 Å². The van der Waals surface area contributed by atoms with Gasteiger partial charge < -0.3 is 4.74 Å². The molecule has 18 heavy (non-hydrogen) atoms. The van der Waals surface area contributed by atoms with Crippen LogP contribution in [0.4, 0.5) is 0 Å². The Labute approximate surface area is 105 Å². The molecule has 2 rings (SSSR count).